The quantitative estimate of drug-likeness (QED) is 0.592. The lowest BCUT2D eigenvalue weighted by Gasteiger charge is -2.12. The van der Waals surface area contributed by atoms with E-state index in [0.717, 1.165) is 43.8 Å². The first-order chi connectivity index (χ1) is 10.3. The molecule has 2 rings (SSSR count). The van der Waals surface area contributed by atoms with E-state index in [4.69, 9.17) is 0 Å². The molecule has 1 heterocycles. The monoisotopic (exact) mass is 363 g/mol. The van der Waals surface area contributed by atoms with Crippen molar-refractivity contribution in [1.29, 1.82) is 0 Å². The lowest BCUT2D eigenvalue weighted by atomic mass is 10.1. The number of nitro benzene ring substituents is 1. The second-order valence-corrected chi connectivity index (χ2v) is 7.26. The number of nitrogens with one attached hydrogen (secondary N) is 2. The summed E-state index contributed by atoms with van der Waals surface area (Å²) in [5.41, 5.74) is -0.459. The Morgan fingerprint density at radius 2 is 2.13 bits per heavy atom. The van der Waals surface area contributed by atoms with Gasteiger partial charge in [0.1, 0.15) is 0 Å². The maximum absolute atomic E-state index is 12.1. The highest BCUT2D eigenvalue weighted by molar-refractivity contribution is 7.90. The van der Waals surface area contributed by atoms with Crippen molar-refractivity contribution < 1.29 is 18.1 Å². The highest BCUT2D eigenvalue weighted by Gasteiger charge is 2.20. The first-order valence-electron chi connectivity index (χ1n) is 6.78. The fourth-order valence-corrected chi connectivity index (χ4v) is 2.96. The topological polar surface area (TPSA) is 118 Å². The number of nitro groups is 1. The molecule has 8 nitrogen and oxygen atoms in total. The molecule has 1 aromatic rings. The van der Waals surface area contributed by atoms with Gasteiger partial charge in [-0.1, -0.05) is 0 Å². The van der Waals surface area contributed by atoms with Crippen molar-refractivity contribution in [2.45, 2.75) is 23.8 Å². The van der Waals surface area contributed by atoms with Gasteiger partial charge in [0.2, 0.25) is 0 Å². The summed E-state index contributed by atoms with van der Waals surface area (Å²) in [4.78, 5) is 22.0. The van der Waals surface area contributed by atoms with Crippen LogP contribution in [-0.4, -0.2) is 44.6 Å². The SMILES string of the molecule is CS(=O)(=O)c1cc(C(=O)NCC2CCCN2)cc([N+](=O)[O-])c1.Cl. The van der Waals surface area contributed by atoms with Crippen molar-refractivity contribution in [3.05, 3.63) is 33.9 Å². The van der Waals surface area contributed by atoms with Crippen LogP contribution in [0.1, 0.15) is 23.2 Å². The number of carbonyl (C=O) groups is 1. The molecule has 1 amide bonds. The van der Waals surface area contributed by atoms with E-state index in [9.17, 15) is 23.3 Å². The third-order valence-electron chi connectivity index (χ3n) is 3.46. The van der Waals surface area contributed by atoms with Gasteiger partial charge in [-0.25, -0.2) is 8.42 Å². The van der Waals surface area contributed by atoms with Crippen LogP contribution in [0.3, 0.4) is 0 Å². The van der Waals surface area contributed by atoms with E-state index in [1.54, 1.807) is 0 Å². The molecule has 10 heteroatoms. The van der Waals surface area contributed by atoms with Crippen molar-refractivity contribution in [3.63, 3.8) is 0 Å². The summed E-state index contributed by atoms with van der Waals surface area (Å²) < 4.78 is 23.2. The van der Waals surface area contributed by atoms with Gasteiger partial charge in [-0.2, -0.15) is 0 Å². The van der Waals surface area contributed by atoms with Crippen LogP contribution >= 0.6 is 12.4 Å². The van der Waals surface area contributed by atoms with E-state index < -0.39 is 26.4 Å². The summed E-state index contributed by atoms with van der Waals surface area (Å²) in [7, 11) is -3.64. The van der Waals surface area contributed by atoms with Crippen molar-refractivity contribution >= 4 is 33.8 Å². The van der Waals surface area contributed by atoms with Crippen molar-refractivity contribution in [3.8, 4) is 0 Å². The van der Waals surface area contributed by atoms with E-state index in [-0.39, 0.29) is 28.9 Å². The first kappa shape index (κ1) is 19.3. The summed E-state index contributed by atoms with van der Waals surface area (Å²) in [6.07, 6.45) is 2.93. The Balaban J connectivity index is 0.00000264. The molecule has 1 unspecified atom stereocenters. The van der Waals surface area contributed by atoms with Crippen LogP contribution in [-0.2, 0) is 9.84 Å². The molecule has 0 aliphatic carbocycles. The molecule has 23 heavy (non-hydrogen) atoms. The van der Waals surface area contributed by atoms with Crippen LogP contribution in [0, 0.1) is 10.1 Å². The number of rotatable bonds is 5. The molecule has 0 spiro atoms. The van der Waals surface area contributed by atoms with Crippen LogP contribution < -0.4 is 10.6 Å². The molecule has 0 bridgehead atoms. The lowest BCUT2D eigenvalue weighted by Crippen LogP contribution is -2.37. The van der Waals surface area contributed by atoms with Gasteiger partial charge in [0.25, 0.3) is 11.6 Å². The van der Waals surface area contributed by atoms with Gasteiger partial charge < -0.3 is 10.6 Å². The number of non-ortho nitro benzene ring substituents is 1. The van der Waals surface area contributed by atoms with Crippen LogP contribution in [0.4, 0.5) is 5.69 Å². The number of halogens is 1. The predicted octanol–water partition coefficient (Wildman–Crippen LogP) is 0.902. The van der Waals surface area contributed by atoms with Crippen LogP contribution in [0.15, 0.2) is 23.1 Å². The standard InChI is InChI=1S/C13H17N3O5S.ClH/c1-22(20,21)12-6-9(5-11(7-12)16(18)19)13(17)15-8-10-3-2-4-14-10;/h5-7,10,14H,2-4,8H2,1H3,(H,15,17);1H. The number of hydrogen-bond acceptors (Lipinski definition) is 6. The zero-order valence-corrected chi connectivity index (χ0v) is 14.1. The van der Waals surface area contributed by atoms with Gasteiger partial charge in [-0.15, -0.1) is 12.4 Å². The zero-order valence-electron chi connectivity index (χ0n) is 12.4. The van der Waals surface area contributed by atoms with E-state index in [0.29, 0.717) is 6.54 Å². The lowest BCUT2D eigenvalue weighted by molar-refractivity contribution is -0.385. The Bertz CT molecular complexity index is 702. The molecule has 1 aliphatic heterocycles. The Kier molecular flexibility index (Phi) is 6.48. The third kappa shape index (κ3) is 5.15. The van der Waals surface area contributed by atoms with Crippen LogP contribution in [0.2, 0.25) is 0 Å². The van der Waals surface area contributed by atoms with E-state index in [1.165, 1.54) is 0 Å². The summed E-state index contributed by atoms with van der Waals surface area (Å²) in [5.74, 6) is -0.526. The molecule has 1 atom stereocenters. The van der Waals surface area contributed by atoms with Crippen LogP contribution in [0.25, 0.3) is 0 Å². The first-order valence-corrected chi connectivity index (χ1v) is 8.67. The van der Waals surface area contributed by atoms with Gasteiger partial charge >= 0.3 is 0 Å². The van der Waals surface area contributed by atoms with Crippen molar-refractivity contribution in [1.82, 2.24) is 10.6 Å². The Hall–Kier alpha value is -1.71. The van der Waals surface area contributed by atoms with Crippen molar-refractivity contribution in [2.24, 2.45) is 0 Å². The minimum absolute atomic E-state index is 0. The largest absolute Gasteiger partial charge is 0.350 e. The second kappa shape index (κ2) is 7.71. The third-order valence-corrected chi connectivity index (χ3v) is 4.56. The fraction of sp³-hybridized carbons (Fsp3) is 0.462. The maximum atomic E-state index is 12.1. The van der Waals surface area contributed by atoms with Crippen LogP contribution in [0.5, 0.6) is 0 Å². The molecule has 1 aromatic carbocycles. The normalized spacial score (nSPS) is 17.3. The number of hydrogen-bond donors (Lipinski definition) is 2. The van der Waals surface area contributed by atoms with Gasteiger partial charge in [0.05, 0.1) is 9.82 Å². The molecule has 1 aliphatic rings. The predicted molar refractivity (Wildman–Crippen MR) is 86.8 cm³/mol. The number of nitrogens with zero attached hydrogens (tertiary/aromatic N) is 1. The van der Waals surface area contributed by atoms with E-state index >= 15 is 0 Å². The van der Waals surface area contributed by atoms with Crippen molar-refractivity contribution in [2.75, 3.05) is 19.3 Å². The average Bonchev–Trinajstić information content (AvgIpc) is 2.96. The molecule has 128 valence electrons. The number of carbonyl (C=O) groups excluding carboxylic acids is 1. The van der Waals surface area contributed by atoms with Gasteiger partial charge in [-0.3, -0.25) is 14.9 Å². The Labute approximate surface area is 140 Å². The molecule has 1 fully saturated rings. The fourth-order valence-electron chi connectivity index (χ4n) is 2.28. The summed E-state index contributed by atoms with van der Waals surface area (Å²) in [5, 5.41) is 16.8. The molecule has 0 aromatic heterocycles. The number of benzene rings is 1. The molecule has 2 N–H and O–H groups in total. The molecule has 0 saturated carbocycles. The molecule has 0 radical (unpaired) electrons. The highest BCUT2D eigenvalue weighted by Crippen LogP contribution is 2.21. The molecular weight excluding hydrogens is 346 g/mol. The second-order valence-electron chi connectivity index (χ2n) is 5.25. The van der Waals surface area contributed by atoms with E-state index in [1.807, 2.05) is 0 Å². The maximum Gasteiger partial charge on any atom is 0.271 e. The highest BCUT2D eigenvalue weighted by atomic mass is 35.5. The van der Waals surface area contributed by atoms with Gasteiger partial charge in [-0.05, 0) is 25.5 Å². The minimum atomic E-state index is -3.64. The summed E-state index contributed by atoms with van der Waals surface area (Å²) >= 11 is 0. The molecular formula is C13H18ClN3O5S. The Morgan fingerprint density at radius 3 is 2.65 bits per heavy atom. The summed E-state index contributed by atoms with van der Waals surface area (Å²) in [6.45, 7) is 1.30. The van der Waals surface area contributed by atoms with Gasteiger partial charge in [0, 0.05) is 36.5 Å². The average molecular weight is 364 g/mol. The molecule has 1 saturated heterocycles. The summed E-state index contributed by atoms with van der Waals surface area (Å²) in [6, 6.07) is 3.35. The zero-order chi connectivity index (χ0) is 16.3. The number of sulfone groups is 1. The number of amides is 1. The Morgan fingerprint density at radius 1 is 1.43 bits per heavy atom. The minimum Gasteiger partial charge on any atom is -0.350 e. The van der Waals surface area contributed by atoms with E-state index in [2.05, 4.69) is 10.6 Å². The van der Waals surface area contributed by atoms with Gasteiger partial charge in [0.15, 0.2) is 9.84 Å². The smallest absolute Gasteiger partial charge is 0.271 e.